The van der Waals surface area contributed by atoms with Crippen molar-refractivity contribution < 1.29 is 13.4 Å². The monoisotopic (exact) mass is 231 g/mol. The largest absolute Gasteiger partial charge is 0.329 e. The molecule has 5 heteroatoms. The van der Waals surface area contributed by atoms with Gasteiger partial charge in [-0.15, -0.1) is 0 Å². The van der Waals surface area contributed by atoms with Gasteiger partial charge in [-0.2, -0.15) is 3.89 Å². The molecule has 1 amide bonds. The minimum Gasteiger partial charge on any atom is -0.325 e. The molecule has 15 heavy (non-hydrogen) atoms. The molecule has 0 aromatic rings. The van der Waals surface area contributed by atoms with Crippen molar-refractivity contribution >= 4 is 17.9 Å². The fourth-order valence-corrected chi connectivity index (χ4v) is 3.41. The Balaban J connectivity index is 2.30. The summed E-state index contributed by atoms with van der Waals surface area (Å²) in [6.07, 6.45) is 4.40. The van der Waals surface area contributed by atoms with Crippen molar-refractivity contribution in [1.29, 1.82) is 0 Å². The number of hydrogen-bond donors (Lipinski definition) is 1. The minimum atomic E-state index is -0.278. The molecular weight excluding hydrogens is 212 g/mol. The average Bonchev–Trinajstić information content (AvgIpc) is 2.27. The summed E-state index contributed by atoms with van der Waals surface area (Å²) in [6.45, 7) is 2.48. The van der Waals surface area contributed by atoms with E-state index in [0.29, 0.717) is 22.8 Å². The quantitative estimate of drug-likeness (QED) is 0.533. The van der Waals surface area contributed by atoms with Crippen LogP contribution in [0.2, 0.25) is 0 Å². The van der Waals surface area contributed by atoms with Gasteiger partial charge in [-0.05, 0) is 0 Å². The van der Waals surface area contributed by atoms with Crippen LogP contribution in [-0.4, -0.2) is 48.5 Å². The average molecular weight is 231 g/mol. The van der Waals surface area contributed by atoms with Gasteiger partial charge in [0.05, 0.1) is 32.0 Å². The first-order chi connectivity index (χ1) is 7.15. The lowest BCUT2D eigenvalue weighted by molar-refractivity contribution is -0.807. The summed E-state index contributed by atoms with van der Waals surface area (Å²) in [5.74, 6) is 0.302. The van der Waals surface area contributed by atoms with Crippen LogP contribution >= 0.6 is 11.9 Å². The number of nitrogens with zero attached hydrogens (tertiary/aromatic N) is 1. The second-order valence-corrected chi connectivity index (χ2v) is 5.39. The molecule has 1 spiro atoms. The van der Waals surface area contributed by atoms with Crippen molar-refractivity contribution in [2.24, 2.45) is 0 Å². The van der Waals surface area contributed by atoms with Crippen LogP contribution in [0.25, 0.3) is 0 Å². The van der Waals surface area contributed by atoms with Crippen LogP contribution in [0.4, 0.5) is 0 Å². The molecule has 0 radical (unpaired) electrons. The first-order valence-corrected chi connectivity index (χ1v) is 6.63. The van der Waals surface area contributed by atoms with E-state index in [0.717, 1.165) is 25.9 Å². The number of carbonyl (C=O) groups is 1. The number of nitrogens with one attached hydrogen (secondary N) is 1. The van der Waals surface area contributed by atoms with Gasteiger partial charge in [0.2, 0.25) is 5.72 Å². The van der Waals surface area contributed by atoms with Crippen molar-refractivity contribution in [2.45, 2.75) is 25.0 Å². The molecule has 0 saturated carbocycles. The highest BCUT2D eigenvalue weighted by atomic mass is 32.2. The zero-order valence-corrected chi connectivity index (χ0v) is 10.2. The summed E-state index contributed by atoms with van der Waals surface area (Å²) in [7, 11) is 2.00. The molecule has 1 atom stereocenters. The van der Waals surface area contributed by atoms with Gasteiger partial charge in [-0.25, -0.2) is 4.79 Å². The molecule has 0 bridgehead atoms. The summed E-state index contributed by atoms with van der Waals surface area (Å²) < 4.78 is 6.36. The normalized spacial score (nSPS) is 35.7. The van der Waals surface area contributed by atoms with Gasteiger partial charge in [0.15, 0.2) is 0 Å². The number of amides is 1. The number of ether oxygens (including phenoxy) is 1. The summed E-state index contributed by atoms with van der Waals surface area (Å²) in [4.78, 5) is 12.1. The molecule has 2 aliphatic rings. The summed E-state index contributed by atoms with van der Waals surface area (Å²) >= 11 is 1.60. The Labute approximate surface area is 95.1 Å². The number of piperidine rings is 1. The van der Waals surface area contributed by atoms with Gasteiger partial charge >= 0.3 is 5.91 Å². The zero-order chi connectivity index (χ0) is 10.9. The SMILES string of the molecule is CS[N+]1(C)C(=O)CCOC12CCNCC2. The van der Waals surface area contributed by atoms with Crippen molar-refractivity contribution in [3.8, 4) is 0 Å². The van der Waals surface area contributed by atoms with Crippen LogP contribution in [0.15, 0.2) is 0 Å². The Morgan fingerprint density at radius 2 is 2.13 bits per heavy atom. The second-order valence-electron chi connectivity index (χ2n) is 4.30. The molecule has 1 N–H and O–H groups in total. The lowest BCUT2D eigenvalue weighted by Crippen LogP contribution is -2.67. The smallest absolute Gasteiger partial charge is 0.325 e. The van der Waals surface area contributed by atoms with Gasteiger partial charge in [0.25, 0.3) is 0 Å². The minimum absolute atomic E-state index is 0.278. The van der Waals surface area contributed by atoms with E-state index >= 15 is 0 Å². The van der Waals surface area contributed by atoms with Crippen LogP contribution < -0.4 is 5.32 Å². The van der Waals surface area contributed by atoms with Crippen molar-refractivity contribution in [3.63, 3.8) is 0 Å². The molecule has 86 valence electrons. The molecule has 2 fully saturated rings. The first-order valence-electron chi connectivity index (χ1n) is 5.45. The predicted molar refractivity (Wildman–Crippen MR) is 60.1 cm³/mol. The standard InChI is InChI=1S/C10H19N2O2S/c1-12(15-2)9(13)3-8-14-10(12)4-6-11-7-5-10/h11H,3-8H2,1-2H3/q+1. The van der Waals surface area contributed by atoms with Crippen LogP contribution in [0, 0.1) is 0 Å². The highest BCUT2D eigenvalue weighted by Crippen LogP contribution is 2.42. The Hall–Kier alpha value is -0.100. The maximum Gasteiger partial charge on any atom is 0.329 e. The topological polar surface area (TPSA) is 38.3 Å². The summed E-state index contributed by atoms with van der Waals surface area (Å²) in [5.41, 5.74) is -0.278. The van der Waals surface area contributed by atoms with Crippen LogP contribution in [0.1, 0.15) is 19.3 Å². The maximum atomic E-state index is 12.1. The Kier molecular flexibility index (Phi) is 3.07. The molecule has 0 aromatic carbocycles. The predicted octanol–water partition coefficient (Wildman–Crippen LogP) is 0.738. The number of hydrogen-bond acceptors (Lipinski definition) is 4. The molecule has 2 rings (SSSR count). The number of carbonyl (C=O) groups excluding carboxylic acids is 1. The Bertz CT molecular complexity index is 261. The fourth-order valence-electron chi connectivity index (χ4n) is 2.55. The second kappa shape index (κ2) is 4.05. The van der Waals surface area contributed by atoms with E-state index in [1.165, 1.54) is 0 Å². The van der Waals surface area contributed by atoms with Gasteiger partial charge in [-0.3, -0.25) is 0 Å². The van der Waals surface area contributed by atoms with E-state index in [1.54, 1.807) is 11.9 Å². The third kappa shape index (κ3) is 1.62. The van der Waals surface area contributed by atoms with Crippen molar-refractivity contribution in [3.05, 3.63) is 0 Å². The lowest BCUT2D eigenvalue weighted by atomic mass is 9.98. The molecule has 2 saturated heterocycles. The highest BCUT2D eigenvalue weighted by Gasteiger charge is 2.57. The number of rotatable bonds is 1. The van der Waals surface area contributed by atoms with E-state index < -0.39 is 0 Å². The van der Waals surface area contributed by atoms with E-state index in [4.69, 9.17) is 4.74 Å². The van der Waals surface area contributed by atoms with Gasteiger partial charge < -0.3 is 10.1 Å². The van der Waals surface area contributed by atoms with Crippen molar-refractivity contribution in [1.82, 2.24) is 5.32 Å². The van der Waals surface area contributed by atoms with E-state index in [9.17, 15) is 4.79 Å². The van der Waals surface area contributed by atoms with E-state index in [-0.39, 0.29) is 5.72 Å². The van der Waals surface area contributed by atoms with Crippen LogP contribution in [-0.2, 0) is 9.53 Å². The highest BCUT2D eigenvalue weighted by molar-refractivity contribution is 7.93. The molecule has 1 unspecified atom stereocenters. The maximum absolute atomic E-state index is 12.1. The molecule has 0 aromatic heterocycles. The lowest BCUT2D eigenvalue weighted by Gasteiger charge is -2.50. The first kappa shape index (κ1) is 11.4. The Morgan fingerprint density at radius 1 is 1.47 bits per heavy atom. The molecule has 0 aliphatic carbocycles. The van der Waals surface area contributed by atoms with Gasteiger partial charge in [-0.1, -0.05) is 0 Å². The molecule has 2 aliphatic heterocycles. The summed E-state index contributed by atoms with van der Waals surface area (Å²) in [5, 5.41) is 3.32. The number of quaternary nitrogens is 1. The van der Waals surface area contributed by atoms with E-state index in [1.807, 2.05) is 13.3 Å². The molecule has 2 heterocycles. The fraction of sp³-hybridized carbons (Fsp3) is 0.900. The Morgan fingerprint density at radius 3 is 2.73 bits per heavy atom. The molecular formula is C10H19N2O2S+. The molecule has 4 nitrogen and oxygen atoms in total. The van der Waals surface area contributed by atoms with Crippen molar-refractivity contribution in [2.75, 3.05) is 33.0 Å². The third-order valence-electron chi connectivity index (χ3n) is 3.69. The van der Waals surface area contributed by atoms with Crippen LogP contribution in [0.3, 0.4) is 0 Å². The zero-order valence-electron chi connectivity index (χ0n) is 9.41. The van der Waals surface area contributed by atoms with Gasteiger partial charge in [0.1, 0.15) is 0 Å². The van der Waals surface area contributed by atoms with E-state index in [2.05, 4.69) is 5.32 Å². The van der Waals surface area contributed by atoms with Gasteiger partial charge in [0, 0.05) is 32.2 Å². The van der Waals surface area contributed by atoms with Crippen LogP contribution in [0.5, 0.6) is 0 Å². The summed E-state index contributed by atoms with van der Waals surface area (Å²) in [6, 6.07) is 0. The third-order valence-corrected chi connectivity index (χ3v) is 4.96.